The fourth-order valence-electron chi connectivity index (χ4n) is 3.66. The first-order valence-electron chi connectivity index (χ1n) is 9.93. The van der Waals surface area contributed by atoms with Crippen LogP contribution in [0.15, 0.2) is 60.6 Å². The van der Waals surface area contributed by atoms with Gasteiger partial charge < -0.3 is 14.6 Å². The Kier molecular flexibility index (Phi) is 5.33. The first-order valence-corrected chi connectivity index (χ1v) is 9.93. The lowest BCUT2D eigenvalue weighted by Crippen LogP contribution is -2.14. The highest BCUT2D eigenvalue weighted by atomic mass is 16.7. The maximum Gasteiger partial charge on any atom is 0.244 e. The molecule has 1 atom stereocenters. The molecule has 0 saturated carbocycles. The molecule has 2 aromatic carbocycles. The van der Waals surface area contributed by atoms with Gasteiger partial charge in [0.05, 0.1) is 11.1 Å². The standard InChI is InChI=1S/C24H21NO6/c1-3-19(27)16-9-10-18-17(12-16)22(24(29)25(18)14(2)26)23(28)20-13-30-21(31-20)11-15-7-5-4-6-8-15/h4-10,12-13,21,29H,3,11H2,1-2H3. The lowest BCUT2D eigenvalue weighted by Gasteiger charge is -2.11. The van der Waals surface area contributed by atoms with Gasteiger partial charge in [-0.05, 0) is 23.8 Å². The van der Waals surface area contributed by atoms with E-state index in [9.17, 15) is 19.5 Å². The molecule has 1 aromatic heterocycles. The Balaban J connectivity index is 1.69. The molecule has 1 unspecified atom stereocenters. The van der Waals surface area contributed by atoms with Crippen molar-refractivity contribution < 1.29 is 29.0 Å². The molecule has 158 valence electrons. The topological polar surface area (TPSA) is 94.8 Å². The minimum Gasteiger partial charge on any atom is -0.494 e. The number of Topliss-reactive ketones (excluding diaryl/α,β-unsaturated/α-hetero) is 2. The zero-order valence-electron chi connectivity index (χ0n) is 17.1. The summed E-state index contributed by atoms with van der Waals surface area (Å²) < 4.78 is 12.2. The third-order valence-electron chi connectivity index (χ3n) is 5.18. The number of aromatic nitrogens is 1. The summed E-state index contributed by atoms with van der Waals surface area (Å²) in [6.45, 7) is 3.01. The second-order valence-electron chi connectivity index (χ2n) is 7.25. The number of hydrogen-bond donors (Lipinski definition) is 1. The van der Waals surface area contributed by atoms with Crippen LogP contribution in [0.5, 0.6) is 5.88 Å². The fraction of sp³-hybridized carbons (Fsp3) is 0.208. The van der Waals surface area contributed by atoms with E-state index in [2.05, 4.69) is 0 Å². The van der Waals surface area contributed by atoms with Gasteiger partial charge in [0.2, 0.25) is 29.6 Å². The van der Waals surface area contributed by atoms with Crippen LogP contribution in [-0.2, 0) is 15.9 Å². The average molecular weight is 419 g/mol. The minimum absolute atomic E-state index is 0.0777. The number of fused-ring (bicyclic) bond motifs is 1. The largest absolute Gasteiger partial charge is 0.494 e. The van der Waals surface area contributed by atoms with E-state index >= 15 is 0 Å². The van der Waals surface area contributed by atoms with Gasteiger partial charge in [-0.2, -0.15) is 0 Å². The van der Waals surface area contributed by atoms with Crippen molar-refractivity contribution in [2.45, 2.75) is 33.0 Å². The lowest BCUT2D eigenvalue weighted by molar-refractivity contribution is -0.0288. The van der Waals surface area contributed by atoms with Crippen LogP contribution in [0.4, 0.5) is 0 Å². The van der Waals surface area contributed by atoms with Crippen LogP contribution >= 0.6 is 0 Å². The normalized spacial score (nSPS) is 15.3. The highest BCUT2D eigenvalue weighted by Crippen LogP contribution is 2.35. The Morgan fingerprint density at radius 1 is 1.10 bits per heavy atom. The van der Waals surface area contributed by atoms with E-state index in [0.29, 0.717) is 22.9 Å². The number of ketones is 2. The van der Waals surface area contributed by atoms with Gasteiger partial charge in [0.25, 0.3) is 0 Å². The van der Waals surface area contributed by atoms with Crippen LogP contribution in [0, 0.1) is 0 Å². The van der Waals surface area contributed by atoms with Crippen LogP contribution in [-0.4, -0.2) is 33.4 Å². The molecule has 7 heteroatoms. The molecule has 0 spiro atoms. The van der Waals surface area contributed by atoms with Crippen molar-refractivity contribution in [3.63, 3.8) is 0 Å². The molecule has 4 rings (SSSR count). The third kappa shape index (κ3) is 3.70. The van der Waals surface area contributed by atoms with Gasteiger partial charge in [0, 0.05) is 30.7 Å². The van der Waals surface area contributed by atoms with Gasteiger partial charge in [0.1, 0.15) is 6.26 Å². The Bertz CT molecular complexity index is 1220. The number of ether oxygens (including phenoxy) is 2. The summed E-state index contributed by atoms with van der Waals surface area (Å²) in [6.07, 6.45) is 1.26. The second-order valence-corrected chi connectivity index (χ2v) is 7.25. The van der Waals surface area contributed by atoms with Gasteiger partial charge in [-0.25, -0.2) is 0 Å². The Labute approximate surface area is 178 Å². The maximum absolute atomic E-state index is 13.2. The predicted molar refractivity (Wildman–Crippen MR) is 113 cm³/mol. The van der Waals surface area contributed by atoms with E-state index in [-0.39, 0.29) is 23.5 Å². The van der Waals surface area contributed by atoms with Crippen molar-refractivity contribution in [1.29, 1.82) is 0 Å². The van der Waals surface area contributed by atoms with Crippen LogP contribution in [0.3, 0.4) is 0 Å². The van der Waals surface area contributed by atoms with Gasteiger partial charge in [0.15, 0.2) is 5.78 Å². The lowest BCUT2D eigenvalue weighted by atomic mass is 10.0. The average Bonchev–Trinajstić information content (AvgIpc) is 3.34. The molecule has 0 radical (unpaired) electrons. The minimum atomic E-state index is -0.679. The predicted octanol–water partition coefficient (Wildman–Crippen LogP) is 4.24. The summed E-state index contributed by atoms with van der Waals surface area (Å²) in [5.74, 6) is -1.77. The van der Waals surface area contributed by atoms with Crippen molar-refractivity contribution in [3.8, 4) is 5.88 Å². The molecule has 0 bridgehead atoms. The number of nitrogens with zero attached hydrogens (tertiary/aromatic N) is 1. The fourth-order valence-corrected chi connectivity index (χ4v) is 3.66. The molecule has 1 aliphatic rings. The summed E-state index contributed by atoms with van der Waals surface area (Å²) in [7, 11) is 0. The first kappa shape index (κ1) is 20.4. The number of aromatic hydroxyl groups is 1. The molecule has 0 fully saturated rings. The van der Waals surface area contributed by atoms with Crippen molar-refractivity contribution in [3.05, 3.63) is 77.2 Å². The molecule has 0 amide bonds. The molecule has 0 saturated heterocycles. The number of rotatable bonds is 6. The number of carbonyl (C=O) groups is 3. The highest BCUT2D eigenvalue weighted by molar-refractivity contribution is 6.19. The summed E-state index contributed by atoms with van der Waals surface area (Å²) in [5, 5.41) is 11.0. The first-order chi connectivity index (χ1) is 14.9. The van der Waals surface area contributed by atoms with Gasteiger partial charge in [-0.15, -0.1) is 0 Å². The molecule has 2 heterocycles. The van der Waals surface area contributed by atoms with E-state index in [1.807, 2.05) is 30.3 Å². The Morgan fingerprint density at radius 2 is 1.84 bits per heavy atom. The van der Waals surface area contributed by atoms with Crippen LogP contribution < -0.4 is 0 Å². The highest BCUT2D eigenvalue weighted by Gasteiger charge is 2.32. The van der Waals surface area contributed by atoms with E-state index in [1.165, 1.54) is 19.3 Å². The molecule has 1 aliphatic heterocycles. The summed E-state index contributed by atoms with van der Waals surface area (Å²) in [5.41, 5.74) is 1.60. The second kappa shape index (κ2) is 8.10. The SMILES string of the molecule is CCC(=O)c1ccc2c(c1)c(C(=O)C1=COC(Cc3ccccc3)O1)c(O)n2C(C)=O. The summed E-state index contributed by atoms with van der Waals surface area (Å²) in [4.78, 5) is 37.5. The van der Waals surface area contributed by atoms with Crippen LogP contribution in [0.1, 0.15) is 51.3 Å². The van der Waals surface area contributed by atoms with E-state index in [0.717, 1.165) is 10.1 Å². The molecule has 3 aromatic rings. The van der Waals surface area contributed by atoms with Crippen molar-refractivity contribution >= 4 is 28.4 Å². The van der Waals surface area contributed by atoms with Gasteiger partial charge >= 0.3 is 0 Å². The molecule has 0 aliphatic carbocycles. The Hall–Kier alpha value is -3.87. The number of hydrogen-bond acceptors (Lipinski definition) is 6. The molecule has 7 nitrogen and oxygen atoms in total. The molecular formula is C24H21NO6. The zero-order valence-corrected chi connectivity index (χ0v) is 17.1. The Morgan fingerprint density at radius 3 is 2.52 bits per heavy atom. The smallest absolute Gasteiger partial charge is 0.244 e. The van der Waals surface area contributed by atoms with Gasteiger partial charge in [-0.3, -0.25) is 19.0 Å². The van der Waals surface area contributed by atoms with E-state index in [1.54, 1.807) is 19.1 Å². The van der Waals surface area contributed by atoms with Crippen molar-refractivity contribution in [2.24, 2.45) is 0 Å². The zero-order chi connectivity index (χ0) is 22.1. The third-order valence-corrected chi connectivity index (χ3v) is 5.18. The summed E-state index contributed by atoms with van der Waals surface area (Å²) >= 11 is 0. The van der Waals surface area contributed by atoms with E-state index < -0.39 is 23.9 Å². The molecule has 31 heavy (non-hydrogen) atoms. The maximum atomic E-state index is 13.2. The monoisotopic (exact) mass is 419 g/mol. The molecular weight excluding hydrogens is 398 g/mol. The van der Waals surface area contributed by atoms with Crippen LogP contribution in [0.25, 0.3) is 10.9 Å². The van der Waals surface area contributed by atoms with Crippen LogP contribution in [0.2, 0.25) is 0 Å². The van der Waals surface area contributed by atoms with Crippen molar-refractivity contribution in [1.82, 2.24) is 4.57 Å². The quantitative estimate of drug-likeness (QED) is 0.601. The van der Waals surface area contributed by atoms with E-state index in [4.69, 9.17) is 9.47 Å². The van der Waals surface area contributed by atoms with Crippen molar-refractivity contribution in [2.75, 3.05) is 0 Å². The number of carbonyl (C=O) groups excluding carboxylic acids is 3. The van der Waals surface area contributed by atoms with Gasteiger partial charge in [-0.1, -0.05) is 37.3 Å². The number of benzene rings is 2. The number of allylic oxidation sites excluding steroid dienone is 1. The summed E-state index contributed by atoms with van der Waals surface area (Å²) in [6, 6.07) is 14.2. The molecule has 1 N–H and O–H groups in total.